The van der Waals surface area contributed by atoms with Crippen molar-refractivity contribution in [1.82, 2.24) is 0 Å². The summed E-state index contributed by atoms with van der Waals surface area (Å²) in [5.74, 6) is 0.317. The second-order valence-corrected chi connectivity index (χ2v) is 3.75. The van der Waals surface area contributed by atoms with Gasteiger partial charge in [-0.05, 0) is 26.2 Å². The molecule has 1 rings (SSSR count). The van der Waals surface area contributed by atoms with Crippen LogP contribution in [0.25, 0.3) is 0 Å². The maximum atomic E-state index is 10.0. The van der Waals surface area contributed by atoms with Gasteiger partial charge in [-0.3, -0.25) is 0 Å². The first-order valence-corrected chi connectivity index (χ1v) is 4.58. The van der Waals surface area contributed by atoms with Gasteiger partial charge in [-0.1, -0.05) is 6.08 Å². The average molecular weight is 170 g/mol. The number of ether oxygens (including phenoxy) is 1. The molecule has 1 N–H and O–H groups in total. The molecule has 12 heavy (non-hydrogen) atoms. The van der Waals surface area contributed by atoms with Crippen molar-refractivity contribution in [2.45, 2.75) is 31.8 Å². The van der Waals surface area contributed by atoms with Crippen molar-refractivity contribution in [2.24, 2.45) is 5.92 Å². The summed E-state index contributed by atoms with van der Waals surface area (Å²) in [7, 11) is 0. The Balaban J connectivity index is 2.39. The lowest BCUT2D eigenvalue weighted by Gasteiger charge is -2.28. The Hall–Kier alpha value is -0.340. The molecule has 2 unspecified atom stereocenters. The molecule has 0 aromatic heterocycles. The smallest absolute Gasteiger partial charge is 0.0673 e. The van der Waals surface area contributed by atoms with E-state index >= 15 is 0 Å². The van der Waals surface area contributed by atoms with Crippen molar-refractivity contribution in [2.75, 3.05) is 13.2 Å². The van der Waals surface area contributed by atoms with Crippen LogP contribution < -0.4 is 0 Å². The Bertz CT molecular complexity index is 146. The molecule has 2 heteroatoms. The zero-order valence-electron chi connectivity index (χ0n) is 7.75. The fourth-order valence-corrected chi connectivity index (χ4v) is 1.62. The molecule has 2 atom stereocenters. The van der Waals surface area contributed by atoms with E-state index in [0.717, 1.165) is 25.9 Å². The first-order valence-electron chi connectivity index (χ1n) is 4.58. The van der Waals surface area contributed by atoms with Gasteiger partial charge in [-0.15, -0.1) is 6.58 Å². The molecule has 0 bridgehead atoms. The zero-order chi connectivity index (χ0) is 9.03. The highest BCUT2D eigenvalue weighted by molar-refractivity contribution is 4.86. The van der Waals surface area contributed by atoms with Gasteiger partial charge < -0.3 is 9.84 Å². The third-order valence-electron chi connectivity index (χ3n) is 2.66. The molecule has 0 aromatic carbocycles. The second kappa shape index (κ2) is 4.06. The van der Waals surface area contributed by atoms with Gasteiger partial charge in [0, 0.05) is 12.5 Å². The Kier molecular flexibility index (Phi) is 3.29. The lowest BCUT2D eigenvalue weighted by atomic mass is 9.85. The molecule has 1 aliphatic heterocycles. The molecule has 0 amide bonds. The van der Waals surface area contributed by atoms with E-state index in [1.54, 1.807) is 0 Å². The lowest BCUT2D eigenvalue weighted by Crippen LogP contribution is -2.34. The van der Waals surface area contributed by atoms with Crippen LogP contribution >= 0.6 is 0 Å². The third kappa shape index (κ3) is 2.32. The predicted molar refractivity (Wildman–Crippen MR) is 49.0 cm³/mol. The van der Waals surface area contributed by atoms with Gasteiger partial charge >= 0.3 is 0 Å². The summed E-state index contributed by atoms with van der Waals surface area (Å²) in [6, 6.07) is 0. The highest BCUT2D eigenvalue weighted by atomic mass is 16.5. The number of aliphatic hydroxyl groups is 1. The first-order chi connectivity index (χ1) is 5.67. The van der Waals surface area contributed by atoms with Gasteiger partial charge in [0.1, 0.15) is 0 Å². The molecule has 1 fully saturated rings. The van der Waals surface area contributed by atoms with Crippen LogP contribution in [0.15, 0.2) is 12.7 Å². The van der Waals surface area contributed by atoms with Crippen LogP contribution in [0, 0.1) is 5.92 Å². The molecular formula is C10H18O2. The summed E-state index contributed by atoms with van der Waals surface area (Å²) in [5.41, 5.74) is -0.565. The van der Waals surface area contributed by atoms with Crippen LogP contribution in [-0.2, 0) is 4.74 Å². The van der Waals surface area contributed by atoms with Crippen molar-refractivity contribution >= 4 is 0 Å². The highest BCUT2D eigenvalue weighted by Crippen LogP contribution is 2.29. The van der Waals surface area contributed by atoms with E-state index in [2.05, 4.69) is 6.58 Å². The Morgan fingerprint density at radius 2 is 2.50 bits per heavy atom. The number of allylic oxidation sites excluding steroid dienone is 1. The summed E-state index contributed by atoms with van der Waals surface area (Å²) in [4.78, 5) is 0. The molecule has 1 heterocycles. The average Bonchev–Trinajstić information content (AvgIpc) is 2.53. The fourth-order valence-electron chi connectivity index (χ4n) is 1.62. The minimum Gasteiger partial charge on any atom is -0.390 e. The maximum absolute atomic E-state index is 10.0. The summed E-state index contributed by atoms with van der Waals surface area (Å²) in [6.07, 6.45) is 4.52. The van der Waals surface area contributed by atoms with E-state index in [9.17, 15) is 5.11 Å². The molecule has 70 valence electrons. The zero-order valence-corrected chi connectivity index (χ0v) is 7.75. The summed E-state index contributed by atoms with van der Waals surface area (Å²) < 4.78 is 5.24. The van der Waals surface area contributed by atoms with Crippen molar-refractivity contribution in [3.05, 3.63) is 12.7 Å². The normalized spacial score (nSPS) is 28.3. The summed E-state index contributed by atoms with van der Waals surface area (Å²) >= 11 is 0. The summed E-state index contributed by atoms with van der Waals surface area (Å²) in [5, 5.41) is 10.0. The molecule has 2 nitrogen and oxygen atoms in total. The molecular weight excluding hydrogens is 152 g/mol. The van der Waals surface area contributed by atoms with Crippen LogP contribution in [0.4, 0.5) is 0 Å². The molecule has 0 aliphatic carbocycles. The SMILES string of the molecule is C=CCCC(C)(O)C1CCOC1. The van der Waals surface area contributed by atoms with Gasteiger partial charge in [0.05, 0.1) is 12.2 Å². The Morgan fingerprint density at radius 1 is 1.75 bits per heavy atom. The van der Waals surface area contributed by atoms with Gasteiger partial charge in [0.2, 0.25) is 0 Å². The van der Waals surface area contributed by atoms with Crippen LogP contribution in [0.5, 0.6) is 0 Å². The fraction of sp³-hybridized carbons (Fsp3) is 0.800. The summed E-state index contributed by atoms with van der Waals surface area (Å²) in [6.45, 7) is 7.06. The first kappa shape index (κ1) is 9.75. The van der Waals surface area contributed by atoms with Crippen LogP contribution in [0.3, 0.4) is 0 Å². The van der Waals surface area contributed by atoms with Gasteiger partial charge in [0.25, 0.3) is 0 Å². The minimum atomic E-state index is -0.565. The number of rotatable bonds is 4. The Morgan fingerprint density at radius 3 is 3.00 bits per heavy atom. The van der Waals surface area contributed by atoms with Crippen LogP contribution in [0.1, 0.15) is 26.2 Å². The van der Waals surface area contributed by atoms with Gasteiger partial charge in [0.15, 0.2) is 0 Å². The standard InChI is InChI=1S/C10H18O2/c1-3-4-6-10(2,11)9-5-7-12-8-9/h3,9,11H,1,4-8H2,2H3. The maximum Gasteiger partial charge on any atom is 0.0673 e. The largest absolute Gasteiger partial charge is 0.390 e. The second-order valence-electron chi connectivity index (χ2n) is 3.75. The number of hydrogen-bond donors (Lipinski definition) is 1. The predicted octanol–water partition coefficient (Wildman–Crippen LogP) is 1.74. The molecule has 0 saturated carbocycles. The molecule has 0 spiro atoms. The topological polar surface area (TPSA) is 29.5 Å². The van der Waals surface area contributed by atoms with E-state index in [1.165, 1.54) is 0 Å². The lowest BCUT2D eigenvalue weighted by molar-refractivity contribution is -0.0114. The highest BCUT2D eigenvalue weighted by Gasteiger charge is 2.33. The third-order valence-corrected chi connectivity index (χ3v) is 2.66. The van der Waals surface area contributed by atoms with Crippen molar-refractivity contribution in [1.29, 1.82) is 0 Å². The quantitative estimate of drug-likeness (QED) is 0.651. The van der Waals surface area contributed by atoms with E-state index in [0.29, 0.717) is 12.5 Å². The van der Waals surface area contributed by atoms with E-state index in [4.69, 9.17) is 4.74 Å². The molecule has 1 aliphatic rings. The van der Waals surface area contributed by atoms with Crippen molar-refractivity contribution < 1.29 is 9.84 Å². The van der Waals surface area contributed by atoms with E-state index in [-0.39, 0.29) is 0 Å². The molecule has 1 saturated heterocycles. The van der Waals surface area contributed by atoms with Gasteiger partial charge in [-0.2, -0.15) is 0 Å². The van der Waals surface area contributed by atoms with E-state index < -0.39 is 5.60 Å². The minimum absolute atomic E-state index is 0.317. The molecule has 0 aromatic rings. The van der Waals surface area contributed by atoms with E-state index in [1.807, 2.05) is 13.0 Å². The van der Waals surface area contributed by atoms with Gasteiger partial charge in [-0.25, -0.2) is 0 Å². The van der Waals surface area contributed by atoms with Crippen molar-refractivity contribution in [3.8, 4) is 0 Å². The monoisotopic (exact) mass is 170 g/mol. The van der Waals surface area contributed by atoms with Crippen LogP contribution in [0.2, 0.25) is 0 Å². The van der Waals surface area contributed by atoms with Crippen molar-refractivity contribution in [3.63, 3.8) is 0 Å². The Labute approximate surface area is 74.2 Å². The molecule has 0 radical (unpaired) electrons. The van der Waals surface area contributed by atoms with Crippen LogP contribution in [-0.4, -0.2) is 23.9 Å². The number of hydrogen-bond acceptors (Lipinski definition) is 2.